The van der Waals surface area contributed by atoms with Crippen molar-refractivity contribution in [2.24, 2.45) is 0 Å². The minimum Gasteiger partial charge on any atom is -0.285 e. The summed E-state index contributed by atoms with van der Waals surface area (Å²) >= 11 is 3.31. The molecule has 0 fully saturated rings. The zero-order chi connectivity index (χ0) is 14.1. The van der Waals surface area contributed by atoms with Crippen LogP contribution >= 0.6 is 15.9 Å². The number of Topliss-reactive ketones (excluding diaryl/α,β-unsaturated/α-hetero) is 2. The normalized spacial score (nSPS) is 13.1. The summed E-state index contributed by atoms with van der Waals surface area (Å²) in [6.07, 6.45) is 3.21. The Morgan fingerprint density at radius 1 is 0.850 bits per heavy atom. The fourth-order valence-corrected chi connectivity index (χ4v) is 3.00. The van der Waals surface area contributed by atoms with Gasteiger partial charge in [-0.25, -0.2) is 0 Å². The van der Waals surface area contributed by atoms with Gasteiger partial charge in [-0.2, -0.15) is 0 Å². The maximum absolute atomic E-state index is 12.3. The van der Waals surface area contributed by atoms with Gasteiger partial charge in [0.15, 0.2) is 0 Å². The molecule has 1 aliphatic carbocycles. The second-order valence-corrected chi connectivity index (χ2v) is 5.92. The predicted molar refractivity (Wildman–Crippen MR) is 81.3 cm³/mol. The molecule has 0 amide bonds. The molecule has 0 bridgehead atoms. The third-order valence-electron chi connectivity index (χ3n) is 3.65. The van der Waals surface area contributed by atoms with Gasteiger partial charge in [0.2, 0.25) is 11.6 Å². The van der Waals surface area contributed by atoms with Crippen LogP contribution in [0.15, 0.2) is 46.9 Å². The Bertz CT molecular complexity index is 704. The molecule has 0 spiro atoms. The quantitative estimate of drug-likeness (QED) is 0.630. The highest BCUT2D eigenvalue weighted by atomic mass is 79.9. The van der Waals surface area contributed by atoms with E-state index in [0.29, 0.717) is 11.1 Å². The molecular formula is C17H13BrO2. The van der Waals surface area contributed by atoms with Gasteiger partial charge in [0.25, 0.3) is 0 Å². The van der Waals surface area contributed by atoms with Crippen molar-refractivity contribution in [2.75, 3.05) is 0 Å². The fraction of sp³-hybridized carbons (Fsp3) is 0.176. The van der Waals surface area contributed by atoms with Crippen molar-refractivity contribution < 1.29 is 9.59 Å². The molecule has 0 atom stereocenters. The van der Waals surface area contributed by atoms with Gasteiger partial charge >= 0.3 is 0 Å². The summed E-state index contributed by atoms with van der Waals surface area (Å²) < 4.78 is 0.796. The van der Waals surface area contributed by atoms with E-state index in [1.165, 1.54) is 11.1 Å². The van der Waals surface area contributed by atoms with E-state index in [1.807, 2.05) is 18.2 Å². The van der Waals surface area contributed by atoms with Gasteiger partial charge in [0, 0.05) is 15.6 Å². The topological polar surface area (TPSA) is 34.1 Å². The molecule has 3 rings (SSSR count). The molecule has 20 heavy (non-hydrogen) atoms. The zero-order valence-electron chi connectivity index (χ0n) is 10.9. The molecule has 0 unspecified atom stereocenters. The summed E-state index contributed by atoms with van der Waals surface area (Å²) in [4.78, 5) is 24.5. The van der Waals surface area contributed by atoms with Crippen LogP contribution in [-0.4, -0.2) is 11.6 Å². The standard InChI is InChI=1S/C17H13BrO2/c18-15-6-2-5-13(10-15)16(19)17(20)14-8-7-11-3-1-4-12(11)9-14/h2,5-10H,1,3-4H2. The summed E-state index contributed by atoms with van der Waals surface area (Å²) in [7, 11) is 0. The van der Waals surface area contributed by atoms with Crippen molar-refractivity contribution in [1.82, 2.24) is 0 Å². The van der Waals surface area contributed by atoms with Crippen molar-refractivity contribution in [3.8, 4) is 0 Å². The van der Waals surface area contributed by atoms with E-state index in [9.17, 15) is 9.59 Å². The molecule has 100 valence electrons. The number of ketones is 2. The summed E-state index contributed by atoms with van der Waals surface area (Å²) in [6, 6.07) is 12.5. The highest BCUT2D eigenvalue weighted by Crippen LogP contribution is 2.23. The first-order chi connectivity index (χ1) is 9.65. The van der Waals surface area contributed by atoms with Gasteiger partial charge in [0.05, 0.1) is 0 Å². The lowest BCUT2D eigenvalue weighted by Crippen LogP contribution is -2.14. The first-order valence-electron chi connectivity index (χ1n) is 6.61. The number of rotatable bonds is 3. The molecule has 0 N–H and O–H groups in total. The van der Waals surface area contributed by atoms with Gasteiger partial charge in [-0.3, -0.25) is 9.59 Å². The van der Waals surface area contributed by atoms with Crippen LogP contribution in [0.4, 0.5) is 0 Å². The Morgan fingerprint density at radius 3 is 2.30 bits per heavy atom. The van der Waals surface area contributed by atoms with Crippen molar-refractivity contribution in [2.45, 2.75) is 19.3 Å². The highest BCUT2D eigenvalue weighted by Gasteiger charge is 2.20. The zero-order valence-corrected chi connectivity index (χ0v) is 12.4. The smallest absolute Gasteiger partial charge is 0.233 e. The molecule has 2 nitrogen and oxygen atoms in total. The van der Waals surface area contributed by atoms with Gasteiger partial charge < -0.3 is 0 Å². The van der Waals surface area contributed by atoms with Gasteiger partial charge in [-0.1, -0.05) is 40.2 Å². The molecule has 3 heteroatoms. The predicted octanol–water partition coefficient (Wildman–Crippen LogP) is 4.00. The molecule has 0 saturated carbocycles. The highest BCUT2D eigenvalue weighted by molar-refractivity contribution is 9.10. The van der Waals surface area contributed by atoms with E-state index < -0.39 is 11.6 Å². The van der Waals surface area contributed by atoms with Crippen LogP contribution in [0.25, 0.3) is 0 Å². The number of fused-ring (bicyclic) bond motifs is 1. The molecule has 0 heterocycles. The minimum atomic E-state index is -0.454. The minimum absolute atomic E-state index is 0.421. The Hall–Kier alpha value is -1.74. The number of carbonyl (C=O) groups excluding carboxylic acids is 2. The number of hydrogen-bond donors (Lipinski definition) is 0. The van der Waals surface area contributed by atoms with Crippen LogP contribution in [0.2, 0.25) is 0 Å². The summed E-state index contributed by atoms with van der Waals surface area (Å²) in [6.45, 7) is 0. The Morgan fingerprint density at radius 2 is 1.55 bits per heavy atom. The Kier molecular flexibility index (Phi) is 3.53. The third kappa shape index (κ3) is 2.46. The van der Waals surface area contributed by atoms with E-state index in [1.54, 1.807) is 24.3 Å². The molecule has 2 aromatic rings. The number of carbonyl (C=O) groups is 2. The molecular weight excluding hydrogens is 316 g/mol. The Balaban J connectivity index is 1.91. The van der Waals surface area contributed by atoms with Crippen LogP contribution in [-0.2, 0) is 12.8 Å². The van der Waals surface area contributed by atoms with Gasteiger partial charge in [-0.05, 0) is 48.6 Å². The monoisotopic (exact) mass is 328 g/mol. The summed E-state index contributed by atoms with van der Waals surface area (Å²) in [5.74, 6) is -0.887. The van der Waals surface area contributed by atoms with Crippen molar-refractivity contribution in [1.29, 1.82) is 0 Å². The first kappa shape index (κ1) is 13.3. The van der Waals surface area contributed by atoms with Crippen molar-refractivity contribution in [3.63, 3.8) is 0 Å². The fourth-order valence-electron chi connectivity index (χ4n) is 2.60. The Labute approximate surface area is 125 Å². The van der Waals surface area contributed by atoms with Crippen LogP contribution < -0.4 is 0 Å². The average molecular weight is 329 g/mol. The van der Waals surface area contributed by atoms with E-state index in [0.717, 1.165) is 23.7 Å². The molecule has 0 aromatic heterocycles. The van der Waals surface area contributed by atoms with E-state index in [4.69, 9.17) is 0 Å². The number of benzene rings is 2. The largest absolute Gasteiger partial charge is 0.285 e. The van der Waals surface area contributed by atoms with Crippen molar-refractivity contribution in [3.05, 3.63) is 69.2 Å². The van der Waals surface area contributed by atoms with Gasteiger partial charge in [-0.15, -0.1) is 0 Å². The summed E-state index contributed by atoms with van der Waals surface area (Å²) in [5.41, 5.74) is 3.43. The number of halogens is 1. The number of aryl methyl sites for hydroxylation is 2. The number of hydrogen-bond acceptors (Lipinski definition) is 2. The van der Waals surface area contributed by atoms with Gasteiger partial charge in [0.1, 0.15) is 0 Å². The van der Waals surface area contributed by atoms with Crippen LogP contribution in [0.3, 0.4) is 0 Å². The second kappa shape index (κ2) is 5.33. The lowest BCUT2D eigenvalue weighted by molar-refractivity contribution is 0.0817. The lowest BCUT2D eigenvalue weighted by Gasteiger charge is -2.04. The molecule has 0 aliphatic heterocycles. The van der Waals surface area contributed by atoms with E-state index in [-0.39, 0.29) is 0 Å². The van der Waals surface area contributed by atoms with Crippen LogP contribution in [0, 0.1) is 0 Å². The SMILES string of the molecule is O=C(C(=O)c1ccc2c(c1)CCC2)c1cccc(Br)c1. The maximum atomic E-state index is 12.3. The van der Waals surface area contributed by atoms with Crippen LogP contribution in [0.5, 0.6) is 0 Å². The van der Waals surface area contributed by atoms with Crippen LogP contribution in [0.1, 0.15) is 38.3 Å². The average Bonchev–Trinajstić information content (AvgIpc) is 2.93. The molecule has 0 saturated heterocycles. The first-order valence-corrected chi connectivity index (χ1v) is 7.41. The van der Waals surface area contributed by atoms with E-state index in [2.05, 4.69) is 15.9 Å². The third-order valence-corrected chi connectivity index (χ3v) is 4.15. The van der Waals surface area contributed by atoms with Crippen molar-refractivity contribution >= 4 is 27.5 Å². The maximum Gasteiger partial charge on any atom is 0.233 e. The summed E-state index contributed by atoms with van der Waals surface area (Å²) in [5, 5.41) is 0. The van der Waals surface area contributed by atoms with E-state index >= 15 is 0 Å². The molecule has 0 radical (unpaired) electrons. The second-order valence-electron chi connectivity index (χ2n) is 5.01. The molecule has 2 aromatic carbocycles. The molecule has 1 aliphatic rings. The lowest BCUT2D eigenvalue weighted by atomic mass is 9.98.